The van der Waals surface area contributed by atoms with Crippen molar-refractivity contribution in [1.29, 1.82) is 0 Å². The third-order valence-corrected chi connectivity index (χ3v) is 5.28. The molecule has 1 aliphatic heterocycles. The van der Waals surface area contributed by atoms with Crippen molar-refractivity contribution in [2.75, 3.05) is 0 Å². The minimum atomic E-state index is -0.850. The molecule has 1 heterocycles. The van der Waals surface area contributed by atoms with E-state index in [-0.39, 0.29) is 11.9 Å². The van der Waals surface area contributed by atoms with Gasteiger partial charge >= 0.3 is 0 Å². The van der Waals surface area contributed by atoms with E-state index in [9.17, 15) is 14.4 Å². The number of hydrogen-bond acceptors (Lipinski definition) is 3. The highest BCUT2D eigenvalue weighted by Gasteiger charge is 2.41. The molecule has 2 aromatic rings. The summed E-state index contributed by atoms with van der Waals surface area (Å²) in [6.07, 6.45) is 2.87. The highest BCUT2D eigenvalue weighted by Crippen LogP contribution is 2.30. The van der Waals surface area contributed by atoms with E-state index in [0.29, 0.717) is 11.1 Å². The summed E-state index contributed by atoms with van der Waals surface area (Å²) in [6, 6.07) is 13.8. The molecule has 0 bridgehead atoms. The monoisotopic (exact) mass is 348 g/mol. The molecule has 0 fully saturated rings. The third-order valence-electron chi connectivity index (χ3n) is 5.28. The summed E-state index contributed by atoms with van der Waals surface area (Å²) in [5, 5.41) is 3.03. The first-order valence-electron chi connectivity index (χ1n) is 8.93. The molecule has 2 atom stereocenters. The predicted octanol–water partition coefficient (Wildman–Crippen LogP) is 2.86. The summed E-state index contributed by atoms with van der Waals surface area (Å²) >= 11 is 0. The van der Waals surface area contributed by atoms with Gasteiger partial charge in [-0.05, 0) is 49.4 Å². The molecule has 0 saturated heterocycles. The fourth-order valence-corrected chi connectivity index (χ4v) is 3.87. The smallest absolute Gasteiger partial charge is 0.262 e. The van der Waals surface area contributed by atoms with E-state index < -0.39 is 17.9 Å². The Balaban J connectivity index is 1.53. The second-order valence-corrected chi connectivity index (χ2v) is 6.85. The molecule has 3 amide bonds. The maximum atomic E-state index is 12.8. The molecule has 1 N–H and O–H groups in total. The average Bonchev–Trinajstić information content (AvgIpc) is 2.92. The second-order valence-electron chi connectivity index (χ2n) is 6.85. The lowest BCUT2D eigenvalue weighted by Gasteiger charge is -2.29. The van der Waals surface area contributed by atoms with Crippen molar-refractivity contribution in [3.63, 3.8) is 0 Å². The highest BCUT2D eigenvalue weighted by atomic mass is 16.2. The lowest BCUT2D eigenvalue weighted by atomic mass is 9.87. The summed E-state index contributed by atoms with van der Waals surface area (Å²) in [5.41, 5.74) is 3.10. The number of hydrogen-bond donors (Lipinski definition) is 1. The quantitative estimate of drug-likeness (QED) is 0.868. The molecular weight excluding hydrogens is 328 g/mol. The van der Waals surface area contributed by atoms with Crippen molar-refractivity contribution in [3.05, 3.63) is 70.8 Å². The molecule has 1 aliphatic carbocycles. The molecule has 0 saturated carbocycles. The normalized spacial score (nSPS) is 19.7. The van der Waals surface area contributed by atoms with Gasteiger partial charge in [-0.15, -0.1) is 0 Å². The van der Waals surface area contributed by atoms with Crippen LogP contribution < -0.4 is 5.32 Å². The lowest BCUT2D eigenvalue weighted by molar-refractivity contribution is -0.125. The molecule has 4 rings (SSSR count). The van der Waals surface area contributed by atoms with Gasteiger partial charge in [0, 0.05) is 0 Å². The summed E-state index contributed by atoms with van der Waals surface area (Å²) in [6.45, 7) is 1.60. The van der Waals surface area contributed by atoms with Crippen LogP contribution in [0.1, 0.15) is 57.7 Å². The van der Waals surface area contributed by atoms with Crippen molar-refractivity contribution in [1.82, 2.24) is 10.2 Å². The predicted molar refractivity (Wildman–Crippen MR) is 96.7 cm³/mol. The van der Waals surface area contributed by atoms with E-state index >= 15 is 0 Å². The van der Waals surface area contributed by atoms with Gasteiger partial charge in [0.25, 0.3) is 11.8 Å². The zero-order valence-electron chi connectivity index (χ0n) is 14.6. The van der Waals surface area contributed by atoms with Crippen LogP contribution >= 0.6 is 0 Å². The fraction of sp³-hybridized carbons (Fsp3) is 0.286. The maximum Gasteiger partial charge on any atom is 0.262 e. The Morgan fingerprint density at radius 2 is 1.65 bits per heavy atom. The van der Waals surface area contributed by atoms with Crippen molar-refractivity contribution < 1.29 is 14.4 Å². The summed E-state index contributed by atoms with van der Waals surface area (Å²) in [5.74, 6) is -1.12. The minimum Gasteiger partial charge on any atom is -0.347 e. The molecule has 132 valence electrons. The van der Waals surface area contributed by atoms with Crippen LogP contribution in [0, 0.1) is 0 Å². The van der Waals surface area contributed by atoms with Gasteiger partial charge in [-0.25, -0.2) is 0 Å². The van der Waals surface area contributed by atoms with Crippen LogP contribution in [0.4, 0.5) is 0 Å². The largest absolute Gasteiger partial charge is 0.347 e. The summed E-state index contributed by atoms with van der Waals surface area (Å²) < 4.78 is 0. The Bertz CT molecular complexity index is 871. The number of nitrogens with zero attached hydrogens (tertiary/aromatic N) is 1. The van der Waals surface area contributed by atoms with Gasteiger partial charge in [0.1, 0.15) is 6.04 Å². The number of carbonyl (C=O) groups is 3. The third kappa shape index (κ3) is 2.60. The van der Waals surface area contributed by atoms with E-state index in [1.165, 1.54) is 5.56 Å². The van der Waals surface area contributed by atoms with Crippen LogP contribution in [0.15, 0.2) is 48.5 Å². The maximum absolute atomic E-state index is 12.8. The molecule has 5 heteroatoms. The fourth-order valence-electron chi connectivity index (χ4n) is 3.87. The van der Waals surface area contributed by atoms with Crippen LogP contribution in [-0.4, -0.2) is 28.7 Å². The van der Waals surface area contributed by atoms with Crippen molar-refractivity contribution in [2.45, 2.75) is 38.3 Å². The molecular formula is C21H20N2O3. The molecule has 0 radical (unpaired) electrons. The van der Waals surface area contributed by atoms with Gasteiger partial charge in [-0.3, -0.25) is 19.3 Å². The van der Waals surface area contributed by atoms with E-state index in [1.54, 1.807) is 31.2 Å². The molecule has 5 nitrogen and oxygen atoms in total. The first kappa shape index (κ1) is 16.5. The Morgan fingerprint density at radius 1 is 1.04 bits per heavy atom. The Labute approximate surface area is 152 Å². The number of imide groups is 1. The number of rotatable bonds is 3. The topological polar surface area (TPSA) is 66.5 Å². The average molecular weight is 348 g/mol. The zero-order chi connectivity index (χ0) is 18.3. The Morgan fingerprint density at radius 3 is 2.35 bits per heavy atom. The SMILES string of the molecule is C[C@@H](C(=O)N[C@H]1CCCc2ccccc21)N1C(=O)c2ccccc2C1=O. The van der Waals surface area contributed by atoms with Crippen LogP contribution in [0.2, 0.25) is 0 Å². The van der Waals surface area contributed by atoms with Gasteiger partial charge in [0.15, 0.2) is 0 Å². The van der Waals surface area contributed by atoms with Crippen molar-refractivity contribution in [2.24, 2.45) is 0 Å². The highest BCUT2D eigenvalue weighted by molar-refractivity contribution is 6.22. The first-order valence-corrected chi connectivity index (χ1v) is 8.93. The van der Waals surface area contributed by atoms with Crippen LogP contribution in [0.5, 0.6) is 0 Å². The number of amides is 3. The molecule has 0 unspecified atom stereocenters. The Kier molecular flexibility index (Phi) is 4.07. The minimum absolute atomic E-state index is 0.0786. The van der Waals surface area contributed by atoms with Crippen LogP contribution in [0.25, 0.3) is 0 Å². The van der Waals surface area contributed by atoms with E-state index in [2.05, 4.69) is 11.4 Å². The standard InChI is InChI=1S/C21H20N2O3/c1-13(23-20(25)16-10-4-5-11-17(16)21(23)26)19(24)22-18-12-6-8-14-7-2-3-9-15(14)18/h2-5,7,9-11,13,18H,6,8,12H2,1H3,(H,22,24)/t13-,18-/m0/s1. The lowest BCUT2D eigenvalue weighted by Crippen LogP contribution is -2.48. The van der Waals surface area contributed by atoms with E-state index in [0.717, 1.165) is 29.7 Å². The molecule has 2 aliphatic rings. The zero-order valence-corrected chi connectivity index (χ0v) is 14.6. The number of benzene rings is 2. The van der Waals surface area contributed by atoms with Gasteiger partial charge in [0.05, 0.1) is 17.2 Å². The second kappa shape index (κ2) is 6.41. The number of aryl methyl sites for hydroxylation is 1. The van der Waals surface area contributed by atoms with Gasteiger partial charge in [0.2, 0.25) is 5.91 Å². The van der Waals surface area contributed by atoms with Gasteiger partial charge in [-0.2, -0.15) is 0 Å². The van der Waals surface area contributed by atoms with E-state index in [1.807, 2.05) is 18.2 Å². The summed E-state index contributed by atoms with van der Waals surface area (Å²) in [4.78, 5) is 39.0. The first-order chi connectivity index (χ1) is 12.6. The molecule has 2 aromatic carbocycles. The van der Waals surface area contributed by atoms with Crippen LogP contribution in [-0.2, 0) is 11.2 Å². The van der Waals surface area contributed by atoms with Crippen molar-refractivity contribution >= 4 is 17.7 Å². The number of carbonyl (C=O) groups excluding carboxylic acids is 3. The number of fused-ring (bicyclic) bond motifs is 2. The molecule has 0 aromatic heterocycles. The van der Waals surface area contributed by atoms with Gasteiger partial charge < -0.3 is 5.32 Å². The molecule has 26 heavy (non-hydrogen) atoms. The number of nitrogens with one attached hydrogen (secondary N) is 1. The summed E-state index contributed by atoms with van der Waals surface area (Å²) in [7, 11) is 0. The van der Waals surface area contributed by atoms with Crippen LogP contribution in [0.3, 0.4) is 0 Å². The van der Waals surface area contributed by atoms with E-state index in [4.69, 9.17) is 0 Å². The van der Waals surface area contributed by atoms with Gasteiger partial charge in [-0.1, -0.05) is 36.4 Å². The van der Waals surface area contributed by atoms with Crippen molar-refractivity contribution in [3.8, 4) is 0 Å². The Hall–Kier alpha value is -2.95. The molecule has 0 spiro atoms.